The minimum atomic E-state index is -0.282. The minimum absolute atomic E-state index is 0.0783. The predicted octanol–water partition coefficient (Wildman–Crippen LogP) is 2.31. The third kappa shape index (κ3) is 4.32. The molecule has 8 nitrogen and oxygen atoms in total. The number of methoxy groups -OCH3 is 2. The van der Waals surface area contributed by atoms with Crippen molar-refractivity contribution >= 4 is 32.6 Å². The summed E-state index contributed by atoms with van der Waals surface area (Å²) < 4.78 is 11.3. The molecule has 0 aliphatic rings. The van der Waals surface area contributed by atoms with E-state index in [1.807, 2.05) is 43.3 Å². The number of anilines is 1. The number of carbonyl (C=O) groups is 1. The van der Waals surface area contributed by atoms with Crippen molar-refractivity contribution in [1.29, 1.82) is 0 Å². The Morgan fingerprint density at radius 2 is 1.85 bits per heavy atom. The first-order valence-corrected chi connectivity index (χ1v) is 9.12. The fourth-order valence-electron chi connectivity index (χ4n) is 2.41. The van der Waals surface area contributed by atoms with Crippen molar-refractivity contribution < 1.29 is 14.3 Å². The maximum Gasteiger partial charge on any atom is 0.320 e. The SMILES string of the molecule is COc1cc(C(=O)N(CCN(C)C)c2nc3ccccc3s2)nc(OC)n1. The highest BCUT2D eigenvalue weighted by atomic mass is 32.1. The van der Waals surface area contributed by atoms with Gasteiger partial charge in [-0.05, 0) is 26.2 Å². The molecular formula is C18H21N5O3S. The van der Waals surface area contributed by atoms with Gasteiger partial charge in [-0.25, -0.2) is 4.98 Å². The van der Waals surface area contributed by atoms with Gasteiger partial charge in [-0.2, -0.15) is 9.97 Å². The number of aromatic nitrogens is 3. The Morgan fingerprint density at radius 3 is 2.52 bits per heavy atom. The lowest BCUT2D eigenvalue weighted by atomic mass is 10.3. The molecule has 0 bridgehead atoms. The molecule has 0 atom stereocenters. The van der Waals surface area contributed by atoms with E-state index in [9.17, 15) is 4.79 Å². The fraction of sp³-hybridized carbons (Fsp3) is 0.333. The Hall–Kier alpha value is -2.78. The highest BCUT2D eigenvalue weighted by Gasteiger charge is 2.24. The smallest absolute Gasteiger partial charge is 0.320 e. The minimum Gasteiger partial charge on any atom is -0.481 e. The topological polar surface area (TPSA) is 80.7 Å². The Labute approximate surface area is 161 Å². The third-order valence-corrected chi connectivity index (χ3v) is 4.88. The van der Waals surface area contributed by atoms with Gasteiger partial charge in [-0.3, -0.25) is 9.69 Å². The van der Waals surface area contributed by atoms with Crippen LogP contribution in [-0.2, 0) is 0 Å². The number of likely N-dealkylation sites (N-methyl/N-ethyl adjacent to an activating group) is 1. The van der Waals surface area contributed by atoms with Gasteiger partial charge < -0.3 is 14.4 Å². The van der Waals surface area contributed by atoms with Crippen molar-refractivity contribution in [3.8, 4) is 11.9 Å². The molecule has 2 heterocycles. The number of thiazole rings is 1. The molecule has 1 amide bonds. The van der Waals surface area contributed by atoms with Gasteiger partial charge in [0.1, 0.15) is 5.69 Å². The van der Waals surface area contributed by atoms with E-state index < -0.39 is 0 Å². The number of amides is 1. The summed E-state index contributed by atoms with van der Waals surface area (Å²) in [6.45, 7) is 1.15. The molecule has 0 N–H and O–H groups in total. The number of benzene rings is 1. The number of nitrogens with zero attached hydrogens (tertiary/aromatic N) is 5. The first-order chi connectivity index (χ1) is 13.0. The first-order valence-electron chi connectivity index (χ1n) is 8.31. The van der Waals surface area contributed by atoms with Gasteiger partial charge in [0.25, 0.3) is 5.91 Å². The molecule has 9 heteroatoms. The summed E-state index contributed by atoms with van der Waals surface area (Å²) in [6.07, 6.45) is 0. The summed E-state index contributed by atoms with van der Waals surface area (Å²) in [6, 6.07) is 9.38. The number of fused-ring (bicyclic) bond motifs is 1. The van der Waals surface area contributed by atoms with E-state index in [1.165, 1.54) is 31.6 Å². The molecule has 2 aromatic heterocycles. The molecular weight excluding hydrogens is 366 g/mol. The maximum atomic E-state index is 13.2. The number of rotatable bonds is 7. The molecule has 0 aliphatic carbocycles. The molecule has 1 aromatic carbocycles. The van der Waals surface area contributed by atoms with E-state index in [2.05, 4.69) is 15.0 Å². The number of hydrogen-bond acceptors (Lipinski definition) is 8. The molecule has 0 aliphatic heterocycles. The van der Waals surface area contributed by atoms with Gasteiger partial charge in [0.05, 0.1) is 24.4 Å². The molecule has 0 spiro atoms. The predicted molar refractivity (Wildman–Crippen MR) is 105 cm³/mol. The van der Waals surface area contributed by atoms with Crippen molar-refractivity contribution in [1.82, 2.24) is 19.9 Å². The third-order valence-electron chi connectivity index (χ3n) is 3.82. The second-order valence-electron chi connectivity index (χ2n) is 6.01. The van der Waals surface area contributed by atoms with Gasteiger partial charge in [0, 0.05) is 19.2 Å². The van der Waals surface area contributed by atoms with Crippen molar-refractivity contribution in [2.24, 2.45) is 0 Å². The average molecular weight is 387 g/mol. The number of ether oxygens (including phenoxy) is 2. The Kier molecular flexibility index (Phi) is 5.82. The highest BCUT2D eigenvalue weighted by molar-refractivity contribution is 7.22. The van der Waals surface area contributed by atoms with E-state index in [0.717, 1.165) is 10.2 Å². The van der Waals surface area contributed by atoms with Crippen LogP contribution in [-0.4, -0.2) is 67.2 Å². The van der Waals surface area contributed by atoms with Crippen LogP contribution >= 0.6 is 11.3 Å². The zero-order valence-electron chi connectivity index (χ0n) is 15.7. The van der Waals surface area contributed by atoms with Crippen LogP contribution in [0, 0.1) is 0 Å². The van der Waals surface area contributed by atoms with Crippen LogP contribution in [0.1, 0.15) is 10.5 Å². The highest BCUT2D eigenvalue weighted by Crippen LogP contribution is 2.29. The average Bonchev–Trinajstić information content (AvgIpc) is 3.11. The van der Waals surface area contributed by atoms with Crippen LogP contribution in [0.3, 0.4) is 0 Å². The van der Waals surface area contributed by atoms with Crippen LogP contribution in [0.25, 0.3) is 10.2 Å². The normalized spacial score (nSPS) is 11.0. The van der Waals surface area contributed by atoms with Crippen LogP contribution in [0.5, 0.6) is 11.9 Å². The lowest BCUT2D eigenvalue weighted by molar-refractivity contribution is 0.0978. The number of carbonyl (C=O) groups excluding carboxylic acids is 1. The van der Waals surface area contributed by atoms with Crippen molar-refractivity contribution in [3.05, 3.63) is 36.0 Å². The summed E-state index contributed by atoms with van der Waals surface area (Å²) in [5.41, 5.74) is 1.05. The Bertz CT molecular complexity index is 888. The zero-order valence-corrected chi connectivity index (χ0v) is 16.5. The number of hydrogen-bond donors (Lipinski definition) is 0. The number of para-hydroxylation sites is 1. The maximum absolute atomic E-state index is 13.2. The van der Waals surface area contributed by atoms with Gasteiger partial charge >= 0.3 is 6.01 Å². The van der Waals surface area contributed by atoms with Crippen LogP contribution in [0.2, 0.25) is 0 Å². The molecule has 142 valence electrons. The van der Waals surface area contributed by atoms with E-state index in [4.69, 9.17) is 9.47 Å². The Balaban J connectivity index is 2.00. The van der Waals surface area contributed by atoms with Gasteiger partial charge in [-0.1, -0.05) is 23.5 Å². The van der Waals surface area contributed by atoms with E-state index in [1.54, 1.807) is 4.90 Å². The summed E-state index contributed by atoms with van der Waals surface area (Å²) in [5.74, 6) is -0.0167. The second kappa shape index (κ2) is 8.28. The van der Waals surface area contributed by atoms with E-state index >= 15 is 0 Å². The fourth-order valence-corrected chi connectivity index (χ4v) is 3.40. The van der Waals surface area contributed by atoms with Gasteiger partial charge in [0.15, 0.2) is 5.13 Å². The molecule has 27 heavy (non-hydrogen) atoms. The summed E-state index contributed by atoms with van der Waals surface area (Å²) in [4.78, 5) is 29.7. The molecule has 0 fully saturated rings. The quantitative estimate of drug-likeness (QED) is 0.615. The second-order valence-corrected chi connectivity index (χ2v) is 7.02. The van der Waals surface area contributed by atoms with Crippen molar-refractivity contribution in [2.45, 2.75) is 0 Å². The summed E-state index contributed by atoms with van der Waals surface area (Å²) in [5, 5.41) is 0.625. The van der Waals surface area contributed by atoms with Crippen molar-refractivity contribution in [2.75, 3.05) is 46.3 Å². The van der Waals surface area contributed by atoms with Crippen molar-refractivity contribution in [3.63, 3.8) is 0 Å². The van der Waals surface area contributed by atoms with Crippen LogP contribution in [0.4, 0.5) is 5.13 Å². The molecule has 0 saturated heterocycles. The van der Waals surface area contributed by atoms with E-state index in [-0.39, 0.29) is 23.5 Å². The van der Waals surface area contributed by atoms with Gasteiger partial charge in [0.2, 0.25) is 5.88 Å². The molecule has 3 rings (SSSR count). The molecule has 0 radical (unpaired) electrons. The molecule has 3 aromatic rings. The van der Waals surface area contributed by atoms with Crippen LogP contribution < -0.4 is 14.4 Å². The molecule has 0 unspecified atom stereocenters. The lowest BCUT2D eigenvalue weighted by Crippen LogP contribution is -2.37. The van der Waals surface area contributed by atoms with Gasteiger partial charge in [-0.15, -0.1) is 0 Å². The monoisotopic (exact) mass is 387 g/mol. The lowest BCUT2D eigenvalue weighted by Gasteiger charge is -2.21. The van der Waals surface area contributed by atoms with Crippen LogP contribution in [0.15, 0.2) is 30.3 Å². The standard InChI is InChI=1S/C18H21N5O3S/c1-22(2)9-10-23(18-20-12-7-5-6-8-14(12)27-18)16(24)13-11-15(25-3)21-17(19-13)26-4/h5-8,11H,9-10H2,1-4H3. The Morgan fingerprint density at radius 1 is 1.07 bits per heavy atom. The molecule has 0 saturated carbocycles. The summed E-state index contributed by atoms with van der Waals surface area (Å²) in [7, 11) is 6.84. The van der Waals surface area contributed by atoms with E-state index in [0.29, 0.717) is 18.2 Å². The largest absolute Gasteiger partial charge is 0.481 e. The zero-order chi connectivity index (χ0) is 19.4. The summed E-state index contributed by atoms with van der Waals surface area (Å²) >= 11 is 1.47. The first kappa shape index (κ1) is 19.0.